The maximum absolute atomic E-state index is 4.95. The number of piperazine rings is 1. The van der Waals surface area contributed by atoms with E-state index in [0.29, 0.717) is 0 Å². The zero-order valence-corrected chi connectivity index (χ0v) is 19.3. The number of aliphatic imine (C=N–C) groups is 1. The van der Waals surface area contributed by atoms with Crippen LogP contribution in [0.15, 0.2) is 29.3 Å². The van der Waals surface area contributed by atoms with Gasteiger partial charge in [0.25, 0.3) is 0 Å². The first-order valence-corrected chi connectivity index (χ1v) is 10.3. The highest BCUT2D eigenvalue weighted by Gasteiger charge is 2.18. The number of rotatable bonds is 6. The van der Waals surface area contributed by atoms with Gasteiger partial charge in [-0.15, -0.1) is 24.0 Å². The zero-order valence-electron chi connectivity index (χ0n) is 17.0. The highest BCUT2D eigenvalue weighted by atomic mass is 127. The molecule has 1 N–H and O–H groups in total. The number of hydrogen-bond donors (Lipinski definition) is 1. The largest absolute Gasteiger partial charge is 0.357 e. The molecular weight excluding hydrogens is 449 g/mol. The van der Waals surface area contributed by atoms with E-state index in [-0.39, 0.29) is 24.0 Å². The van der Waals surface area contributed by atoms with Crippen molar-refractivity contribution in [3.8, 4) is 0 Å². The van der Waals surface area contributed by atoms with Gasteiger partial charge in [0, 0.05) is 52.4 Å². The maximum Gasteiger partial charge on any atom is 0.194 e. The second-order valence-electron chi connectivity index (χ2n) is 7.34. The summed E-state index contributed by atoms with van der Waals surface area (Å²) >= 11 is 0. The van der Waals surface area contributed by atoms with E-state index in [0.717, 1.165) is 38.7 Å². The van der Waals surface area contributed by atoms with Gasteiger partial charge in [-0.05, 0) is 37.4 Å². The Bertz CT molecular complexity index is 578. The Labute approximate surface area is 182 Å². The number of nitrogens with zero attached hydrogens (tertiary/aromatic N) is 4. The third kappa shape index (κ3) is 6.61. The third-order valence-electron chi connectivity index (χ3n) is 5.56. The number of guanidine groups is 1. The molecule has 3 rings (SSSR count). The van der Waals surface area contributed by atoms with Gasteiger partial charge in [0.1, 0.15) is 0 Å². The van der Waals surface area contributed by atoms with Gasteiger partial charge < -0.3 is 15.1 Å². The van der Waals surface area contributed by atoms with E-state index in [4.69, 9.17) is 4.99 Å². The van der Waals surface area contributed by atoms with Crippen LogP contribution < -0.4 is 5.32 Å². The summed E-state index contributed by atoms with van der Waals surface area (Å²) in [5.41, 5.74) is 2.79. The SMILES string of the molecule is CCNC(=NCc1ccccc1CN1CCN(CC)CC1)N1CCCC1.I. The van der Waals surface area contributed by atoms with Crippen molar-refractivity contribution < 1.29 is 0 Å². The lowest BCUT2D eigenvalue weighted by Crippen LogP contribution is -2.45. The lowest BCUT2D eigenvalue weighted by Gasteiger charge is -2.34. The van der Waals surface area contributed by atoms with Gasteiger partial charge in [-0.1, -0.05) is 31.2 Å². The topological polar surface area (TPSA) is 34.1 Å². The van der Waals surface area contributed by atoms with Crippen molar-refractivity contribution >= 4 is 29.9 Å². The van der Waals surface area contributed by atoms with E-state index in [1.165, 1.54) is 56.7 Å². The number of benzene rings is 1. The second-order valence-corrected chi connectivity index (χ2v) is 7.34. The molecule has 5 nitrogen and oxygen atoms in total. The van der Waals surface area contributed by atoms with Crippen molar-refractivity contribution in [3.05, 3.63) is 35.4 Å². The molecule has 0 atom stereocenters. The molecule has 0 aromatic heterocycles. The summed E-state index contributed by atoms with van der Waals surface area (Å²) in [6, 6.07) is 8.83. The molecule has 1 aromatic carbocycles. The zero-order chi connectivity index (χ0) is 18.2. The van der Waals surface area contributed by atoms with Gasteiger partial charge in [-0.25, -0.2) is 4.99 Å². The number of likely N-dealkylation sites (N-methyl/N-ethyl adjacent to an activating group) is 1. The molecule has 152 valence electrons. The number of likely N-dealkylation sites (tertiary alicyclic amines) is 1. The normalized spacial score (nSPS) is 19.2. The molecule has 0 radical (unpaired) electrons. The van der Waals surface area contributed by atoms with Crippen LogP contribution in [0.1, 0.15) is 37.8 Å². The Morgan fingerprint density at radius 2 is 1.56 bits per heavy atom. The van der Waals surface area contributed by atoms with Crippen molar-refractivity contribution in [2.24, 2.45) is 4.99 Å². The summed E-state index contributed by atoms with van der Waals surface area (Å²) in [5, 5.41) is 3.47. The van der Waals surface area contributed by atoms with E-state index in [1.807, 2.05) is 0 Å². The molecule has 2 saturated heterocycles. The summed E-state index contributed by atoms with van der Waals surface area (Å²) in [4.78, 5) is 12.5. The summed E-state index contributed by atoms with van der Waals surface area (Å²) < 4.78 is 0. The molecule has 0 saturated carbocycles. The molecule has 0 amide bonds. The van der Waals surface area contributed by atoms with Crippen LogP contribution in [0.4, 0.5) is 0 Å². The Balaban J connectivity index is 0.00000261. The van der Waals surface area contributed by atoms with Gasteiger partial charge in [0.2, 0.25) is 0 Å². The van der Waals surface area contributed by atoms with Crippen LogP contribution in [-0.4, -0.2) is 73.0 Å². The minimum Gasteiger partial charge on any atom is -0.357 e. The van der Waals surface area contributed by atoms with E-state index >= 15 is 0 Å². The van der Waals surface area contributed by atoms with Crippen LogP contribution in [0.5, 0.6) is 0 Å². The average molecular weight is 485 g/mol. The van der Waals surface area contributed by atoms with Crippen LogP contribution in [0.2, 0.25) is 0 Å². The van der Waals surface area contributed by atoms with Crippen molar-refractivity contribution in [3.63, 3.8) is 0 Å². The molecule has 6 heteroatoms. The molecule has 0 bridgehead atoms. The van der Waals surface area contributed by atoms with Crippen LogP contribution in [0.25, 0.3) is 0 Å². The molecule has 2 heterocycles. The average Bonchev–Trinajstić information content (AvgIpc) is 3.21. The Morgan fingerprint density at radius 1 is 0.926 bits per heavy atom. The van der Waals surface area contributed by atoms with Gasteiger partial charge in [0.05, 0.1) is 6.54 Å². The maximum atomic E-state index is 4.95. The molecule has 0 spiro atoms. The van der Waals surface area contributed by atoms with Crippen molar-refractivity contribution in [1.82, 2.24) is 20.0 Å². The Hall–Kier alpha value is -0.860. The number of halogens is 1. The fraction of sp³-hybridized carbons (Fsp3) is 0.667. The van der Waals surface area contributed by atoms with Gasteiger partial charge >= 0.3 is 0 Å². The summed E-state index contributed by atoms with van der Waals surface area (Å²) in [6.07, 6.45) is 2.56. The molecule has 0 aliphatic carbocycles. The highest BCUT2D eigenvalue weighted by Crippen LogP contribution is 2.15. The number of nitrogens with one attached hydrogen (secondary N) is 1. The molecular formula is C21H36IN5. The predicted molar refractivity (Wildman–Crippen MR) is 125 cm³/mol. The first-order chi connectivity index (χ1) is 12.8. The van der Waals surface area contributed by atoms with Crippen molar-refractivity contribution in [2.45, 2.75) is 39.8 Å². The van der Waals surface area contributed by atoms with E-state index < -0.39 is 0 Å². The van der Waals surface area contributed by atoms with Crippen molar-refractivity contribution in [2.75, 3.05) is 52.4 Å². The second kappa shape index (κ2) is 11.9. The van der Waals surface area contributed by atoms with Crippen molar-refractivity contribution in [1.29, 1.82) is 0 Å². The van der Waals surface area contributed by atoms with Crippen LogP contribution in [0.3, 0.4) is 0 Å². The molecule has 2 fully saturated rings. The lowest BCUT2D eigenvalue weighted by molar-refractivity contribution is 0.131. The minimum absolute atomic E-state index is 0. The monoisotopic (exact) mass is 485 g/mol. The quantitative estimate of drug-likeness (QED) is 0.382. The molecule has 2 aliphatic rings. The summed E-state index contributed by atoms with van der Waals surface area (Å²) in [5.74, 6) is 1.08. The smallest absolute Gasteiger partial charge is 0.194 e. The van der Waals surface area contributed by atoms with Gasteiger partial charge in [-0.3, -0.25) is 4.90 Å². The van der Waals surface area contributed by atoms with Crippen LogP contribution in [0, 0.1) is 0 Å². The summed E-state index contributed by atoms with van der Waals surface area (Å²) in [6.45, 7) is 15.3. The van der Waals surface area contributed by atoms with Gasteiger partial charge in [-0.2, -0.15) is 0 Å². The first-order valence-electron chi connectivity index (χ1n) is 10.3. The Kier molecular flexibility index (Phi) is 9.86. The van der Waals surface area contributed by atoms with Crippen LogP contribution >= 0.6 is 24.0 Å². The fourth-order valence-corrected chi connectivity index (χ4v) is 3.89. The molecule has 0 unspecified atom stereocenters. The van der Waals surface area contributed by atoms with E-state index in [2.05, 4.69) is 58.1 Å². The highest BCUT2D eigenvalue weighted by molar-refractivity contribution is 14.0. The van der Waals surface area contributed by atoms with Crippen LogP contribution in [-0.2, 0) is 13.1 Å². The minimum atomic E-state index is 0. The van der Waals surface area contributed by atoms with E-state index in [1.54, 1.807) is 0 Å². The standard InChI is InChI=1S/C21H35N5.HI/c1-3-22-21(26-11-7-8-12-26)23-17-19-9-5-6-10-20(19)18-25-15-13-24(4-2)14-16-25;/h5-6,9-10H,3-4,7-8,11-18H2,1-2H3,(H,22,23);1H. The number of hydrogen-bond acceptors (Lipinski definition) is 3. The molecule has 2 aliphatic heterocycles. The molecule has 1 aromatic rings. The lowest BCUT2D eigenvalue weighted by atomic mass is 10.1. The Morgan fingerprint density at radius 3 is 2.19 bits per heavy atom. The first kappa shape index (κ1) is 22.4. The predicted octanol–water partition coefficient (Wildman–Crippen LogP) is 3.00. The molecule has 27 heavy (non-hydrogen) atoms. The van der Waals surface area contributed by atoms with E-state index in [9.17, 15) is 0 Å². The third-order valence-corrected chi connectivity index (χ3v) is 5.56. The fourth-order valence-electron chi connectivity index (χ4n) is 3.89. The van der Waals surface area contributed by atoms with Gasteiger partial charge in [0.15, 0.2) is 5.96 Å². The summed E-state index contributed by atoms with van der Waals surface area (Å²) in [7, 11) is 0.